The first-order valence-electron chi connectivity index (χ1n) is 8.00. The second kappa shape index (κ2) is 7.00. The molecule has 0 aromatic carbocycles. The van der Waals surface area contributed by atoms with Crippen LogP contribution in [-0.2, 0) is 4.79 Å². The molecule has 114 valence electrons. The molecule has 1 aromatic heterocycles. The zero-order chi connectivity index (χ0) is 14.5. The Morgan fingerprint density at radius 3 is 2.38 bits per heavy atom. The summed E-state index contributed by atoms with van der Waals surface area (Å²) in [4.78, 5) is 21.5. The van der Waals surface area contributed by atoms with Gasteiger partial charge in [-0.25, -0.2) is 0 Å². The van der Waals surface area contributed by atoms with E-state index in [2.05, 4.69) is 15.2 Å². The Bertz CT molecular complexity index is 453. The molecular weight excluding hydrogens is 264 g/mol. The molecule has 1 atom stereocenters. The summed E-state index contributed by atoms with van der Waals surface area (Å²) in [5.74, 6) is 0.254. The van der Waals surface area contributed by atoms with Gasteiger partial charge in [-0.15, -0.1) is 0 Å². The Balaban J connectivity index is 1.82. The van der Waals surface area contributed by atoms with Crippen molar-refractivity contribution in [1.82, 2.24) is 20.1 Å². The maximum atomic E-state index is 13.0. The second-order valence-corrected chi connectivity index (χ2v) is 5.85. The number of rotatable bonds is 3. The molecule has 1 unspecified atom stereocenters. The number of carbonyl (C=O) groups is 1. The van der Waals surface area contributed by atoms with Gasteiger partial charge >= 0.3 is 0 Å². The third-order valence-corrected chi connectivity index (χ3v) is 4.44. The maximum absolute atomic E-state index is 13.0. The van der Waals surface area contributed by atoms with Crippen LogP contribution in [0.15, 0.2) is 24.5 Å². The molecule has 1 aromatic rings. The van der Waals surface area contributed by atoms with Crippen LogP contribution in [0.2, 0.25) is 0 Å². The number of nitrogens with one attached hydrogen (secondary N) is 1. The smallest absolute Gasteiger partial charge is 0.244 e. The minimum absolute atomic E-state index is 0.133. The van der Waals surface area contributed by atoms with Gasteiger partial charge in [0.2, 0.25) is 5.91 Å². The SMILES string of the molecule is O=C(C(c1ccncc1)N1CCCCC1)N1CCNCC1. The molecule has 5 nitrogen and oxygen atoms in total. The first-order valence-corrected chi connectivity index (χ1v) is 8.00. The van der Waals surface area contributed by atoms with E-state index < -0.39 is 0 Å². The van der Waals surface area contributed by atoms with Gasteiger partial charge in [-0.05, 0) is 43.6 Å². The van der Waals surface area contributed by atoms with E-state index in [-0.39, 0.29) is 11.9 Å². The third-order valence-electron chi connectivity index (χ3n) is 4.44. The van der Waals surface area contributed by atoms with E-state index in [1.54, 1.807) is 12.4 Å². The molecule has 2 fully saturated rings. The van der Waals surface area contributed by atoms with Crippen LogP contribution in [0.3, 0.4) is 0 Å². The molecular formula is C16H24N4O. The lowest BCUT2D eigenvalue weighted by Crippen LogP contribution is -2.51. The number of carbonyl (C=O) groups excluding carboxylic acids is 1. The highest BCUT2D eigenvalue weighted by Crippen LogP contribution is 2.26. The molecule has 1 amide bonds. The molecule has 2 aliphatic rings. The van der Waals surface area contributed by atoms with E-state index in [0.717, 1.165) is 44.8 Å². The second-order valence-electron chi connectivity index (χ2n) is 5.85. The number of nitrogens with zero attached hydrogens (tertiary/aromatic N) is 3. The van der Waals surface area contributed by atoms with Crippen molar-refractivity contribution in [3.63, 3.8) is 0 Å². The standard InChI is InChI=1S/C16H24N4O/c21-16(20-12-8-18-9-13-20)15(14-4-6-17-7-5-14)19-10-2-1-3-11-19/h4-7,15,18H,1-3,8-13H2. The highest BCUT2D eigenvalue weighted by atomic mass is 16.2. The van der Waals surface area contributed by atoms with Crippen molar-refractivity contribution in [2.24, 2.45) is 0 Å². The van der Waals surface area contributed by atoms with Crippen molar-refractivity contribution in [3.8, 4) is 0 Å². The lowest BCUT2D eigenvalue weighted by molar-refractivity contribution is -0.138. The van der Waals surface area contributed by atoms with Crippen molar-refractivity contribution < 1.29 is 4.79 Å². The maximum Gasteiger partial charge on any atom is 0.244 e. The summed E-state index contributed by atoms with van der Waals surface area (Å²) in [6.07, 6.45) is 7.24. The molecule has 3 heterocycles. The summed E-state index contributed by atoms with van der Waals surface area (Å²) in [6, 6.07) is 3.84. The Hall–Kier alpha value is -1.46. The van der Waals surface area contributed by atoms with Gasteiger partial charge in [0.25, 0.3) is 0 Å². The third kappa shape index (κ3) is 3.41. The van der Waals surface area contributed by atoms with E-state index in [1.165, 1.54) is 19.3 Å². The van der Waals surface area contributed by atoms with Gasteiger partial charge in [0.05, 0.1) is 0 Å². The summed E-state index contributed by atoms with van der Waals surface area (Å²) in [6.45, 7) is 5.46. The lowest BCUT2D eigenvalue weighted by Gasteiger charge is -2.38. The van der Waals surface area contributed by atoms with E-state index in [4.69, 9.17) is 0 Å². The van der Waals surface area contributed by atoms with Crippen LogP contribution in [0, 0.1) is 0 Å². The monoisotopic (exact) mass is 288 g/mol. The Morgan fingerprint density at radius 1 is 1.05 bits per heavy atom. The number of hydrogen-bond acceptors (Lipinski definition) is 4. The van der Waals surface area contributed by atoms with Crippen molar-refractivity contribution in [1.29, 1.82) is 0 Å². The van der Waals surface area contributed by atoms with Gasteiger partial charge < -0.3 is 10.2 Å². The zero-order valence-corrected chi connectivity index (χ0v) is 12.5. The number of likely N-dealkylation sites (tertiary alicyclic amines) is 1. The molecule has 3 rings (SSSR count). The van der Waals surface area contributed by atoms with Crippen LogP contribution in [0.5, 0.6) is 0 Å². The van der Waals surface area contributed by atoms with Gasteiger partial charge in [-0.3, -0.25) is 14.7 Å². The minimum atomic E-state index is -0.133. The first kappa shape index (κ1) is 14.5. The molecule has 0 aliphatic carbocycles. The zero-order valence-electron chi connectivity index (χ0n) is 12.5. The predicted octanol–water partition coefficient (Wildman–Crippen LogP) is 1.04. The van der Waals surface area contributed by atoms with Gasteiger partial charge in [0.15, 0.2) is 0 Å². The average Bonchev–Trinajstić information content (AvgIpc) is 2.58. The van der Waals surface area contributed by atoms with E-state index >= 15 is 0 Å². The number of piperazine rings is 1. The van der Waals surface area contributed by atoms with Crippen LogP contribution >= 0.6 is 0 Å². The fraction of sp³-hybridized carbons (Fsp3) is 0.625. The van der Waals surface area contributed by atoms with Crippen LogP contribution in [0.1, 0.15) is 30.9 Å². The van der Waals surface area contributed by atoms with Crippen LogP contribution in [-0.4, -0.2) is 60.0 Å². The summed E-state index contributed by atoms with van der Waals surface area (Å²) >= 11 is 0. The topological polar surface area (TPSA) is 48.5 Å². The van der Waals surface area contributed by atoms with Gasteiger partial charge in [0, 0.05) is 38.6 Å². The molecule has 0 bridgehead atoms. The van der Waals surface area contributed by atoms with Gasteiger partial charge in [-0.2, -0.15) is 0 Å². The van der Waals surface area contributed by atoms with Crippen molar-refractivity contribution in [2.75, 3.05) is 39.3 Å². The summed E-state index contributed by atoms with van der Waals surface area (Å²) in [5.41, 5.74) is 1.08. The molecule has 2 saturated heterocycles. The van der Waals surface area contributed by atoms with Gasteiger partial charge in [-0.1, -0.05) is 6.42 Å². The normalized spacial score (nSPS) is 22.0. The summed E-state index contributed by atoms with van der Waals surface area (Å²) < 4.78 is 0. The molecule has 0 saturated carbocycles. The predicted molar refractivity (Wildman–Crippen MR) is 81.9 cm³/mol. The van der Waals surface area contributed by atoms with Gasteiger partial charge in [0.1, 0.15) is 6.04 Å². The molecule has 21 heavy (non-hydrogen) atoms. The summed E-state index contributed by atoms with van der Waals surface area (Å²) in [5, 5.41) is 3.31. The van der Waals surface area contributed by atoms with Crippen LogP contribution in [0.25, 0.3) is 0 Å². The molecule has 0 radical (unpaired) electrons. The van der Waals surface area contributed by atoms with E-state index in [0.29, 0.717) is 0 Å². The van der Waals surface area contributed by atoms with E-state index in [9.17, 15) is 4.79 Å². The first-order chi connectivity index (χ1) is 10.4. The number of amides is 1. The largest absolute Gasteiger partial charge is 0.338 e. The highest BCUT2D eigenvalue weighted by Gasteiger charge is 2.32. The number of hydrogen-bond donors (Lipinski definition) is 1. The van der Waals surface area contributed by atoms with Crippen molar-refractivity contribution >= 4 is 5.91 Å². The summed E-state index contributed by atoms with van der Waals surface area (Å²) in [7, 11) is 0. The number of pyridine rings is 1. The fourth-order valence-electron chi connectivity index (χ4n) is 3.29. The number of piperidine rings is 1. The van der Waals surface area contributed by atoms with Crippen molar-refractivity contribution in [2.45, 2.75) is 25.3 Å². The molecule has 5 heteroatoms. The lowest BCUT2D eigenvalue weighted by atomic mass is 10.0. The highest BCUT2D eigenvalue weighted by molar-refractivity contribution is 5.83. The molecule has 0 spiro atoms. The fourth-order valence-corrected chi connectivity index (χ4v) is 3.29. The quantitative estimate of drug-likeness (QED) is 0.903. The Morgan fingerprint density at radius 2 is 1.71 bits per heavy atom. The molecule has 2 aliphatic heterocycles. The van der Waals surface area contributed by atoms with Crippen LogP contribution < -0.4 is 5.32 Å². The number of aromatic nitrogens is 1. The average molecular weight is 288 g/mol. The minimum Gasteiger partial charge on any atom is -0.338 e. The Labute approximate surface area is 126 Å². The Kier molecular flexibility index (Phi) is 4.83. The van der Waals surface area contributed by atoms with E-state index in [1.807, 2.05) is 17.0 Å². The van der Waals surface area contributed by atoms with Crippen molar-refractivity contribution in [3.05, 3.63) is 30.1 Å². The molecule has 1 N–H and O–H groups in total. The van der Waals surface area contributed by atoms with Crippen LogP contribution in [0.4, 0.5) is 0 Å².